The van der Waals surface area contributed by atoms with Crippen molar-refractivity contribution in [2.24, 2.45) is 0 Å². The summed E-state index contributed by atoms with van der Waals surface area (Å²) >= 11 is 0. The number of carbonyl (C=O) groups excluding carboxylic acids is 1. The second-order valence-corrected chi connectivity index (χ2v) is 6.81. The zero-order valence-corrected chi connectivity index (χ0v) is 13.1. The van der Waals surface area contributed by atoms with Crippen LogP contribution in [0, 0.1) is 0 Å². The van der Waals surface area contributed by atoms with E-state index in [0.29, 0.717) is 11.9 Å². The van der Waals surface area contributed by atoms with Gasteiger partial charge in [-0.05, 0) is 33.2 Å². The van der Waals surface area contributed by atoms with Gasteiger partial charge in [-0.3, -0.25) is 15.0 Å². The van der Waals surface area contributed by atoms with Crippen LogP contribution in [0.2, 0.25) is 0 Å². The standard InChI is InChI=1S/C15H25N3O2/c1-10(2)18-8-6-7-11(18)14(19)16-13-9-12(17-20-13)15(3,4)5/h9-11H,6-8H2,1-5H3,(H,16,19). The molecular weight excluding hydrogens is 254 g/mol. The third-order valence-electron chi connectivity index (χ3n) is 3.79. The average Bonchev–Trinajstić information content (AvgIpc) is 2.95. The highest BCUT2D eigenvalue weighted by Gasteiger charge is 2.32. The molecule has 2 rings (SSSR count). The molecule has 5 heteroatoms. The van der Waals surface area contributed by atoms with Crippen LogP contribution in [0.15, 0.2) is 10.6 Å². The molecule has 0 aromatic carbocycles. The van der Waals surface area contributed by atoms with Gasteiger partial charge in [-0.15, -0.1) is 0 Å². The highest BCUT2D eigenvalue weighted by atomic mass is 16.5. The van der Waals surface area contributed by atoms with Crippen LogP contribution in [0.1, 0.15) is 53.2 Å². The second-order valence-electron chi connectivity index (χ2n) is 6.81. The maximum Gasteiger partial charge on any atom is 0.244 e. The largest absolute Gasteiger partial charge is 0.338 e. The highest BCUT2D eigenvalue weighted by Crippen LogP contribution is 2.25. The molecule has 0 spiro atoms. The van der Waals surface area contributed by atoms with Crippen LogP contribution < -0.4 is 5.32 Å². The molecule has 1 N–H and O–H groups in total. The fourth-order valence-electron chi connectivity index (χ4n) is 2.58. The Kier molecular flexibility index (Phi) is 4.18. The van der Waals surface area contributed by atoms with Gasteiger partial charge >= 0.3 is 0 Å². The molecule has 1 aliphatic rings. The topological polar surface area (TPSA) is 58.4 Å². The van der Waals surface area contributed by atoms with Crippen molar-refractivity contribution in [1.82, 2.24) is 10.1 Å². The fourth-order valence-corrected chi connectivity index (χ4v) is 2.58. The first-order chi connectivity index (χ1) is 9.29. The molecular formula is C15H25N3O2. The summed E-state index contributed by atoms with van der Waals surface area (Å²) in [7, 11) is 0. The van der Waals surface area contributed by atoms with Crippen molar-refractivity contribution in [3.63, 3.8) is 0 Å². The normalized spacial score (nSPS) is 20.6. The molecule has 20 heavy (non-hydrogen) atoms. The molecule has 1 saturated heterocycles. The molecule has 1 aromatic rings. The van der Waals surface area contributed by atoms with Crippen molar-refractivity contribution >= 4 is 11.8 Å². The molecule has 0 bridgehead atoms. The molecule has 1 fully saturated rings. The smallest absolute Gasteiger partial charge is 0.244 e. The lowest BCUT2D eigenvalue weighted by Crippen LogP contribution is -2.43. The van der Waals surface area contributed by atoms with E-state index in [9.17, 15) is 4.79 Å². The van der Waals surface area contributed by atoms with E-state index in [1.807, 2.05) is 6.07 Å². The summed E-state index contributed by atoms with van der Waals surface area (Å²) in [6, 6.07) is 2.14. The monoisotopic (exact) mass is 279 g/mol. The molecule has 1 amide bonds. The summed E-state index contributed by atoms with van der Waals surface area (Å²) in [5.41, 5.74) is 0.768. The van der Waals surface area contributed by atoms with Crippen molar-refractivity contribution in [3.05, 3.63) is 11.8 Å². The Morgan fingerprint density at radius 2 is 2.20 bits per heavy atom. The van der Waals surface area contributed by atoms with Gasteiger partial charge in [-0.25, -0.2) is 0 Å². The van der Waals surface area contributed by atoms with Crippen molar-refractivity contribution < 1.29 is 9.32 Å². The summed E-state index contributed by atoms with van der Waals surface area (Å²) < 4.78 is 5.22. The summed E-state index contributed by atoms with van der Waals surface area (Å²) in [5.74, 6) is 0.448. The van der Waals surface area contributed by atoms with Gasteiger partial charge in [-0.2, -0.15) is 0 Å². The van der Waals surface area contributed by atoms with Gasteiger partial charge in [0, 0.05) is 17.5 Å². The molecule has 1 aromatic heterocycles. The number of hydrogen-bond acceptors (Lipinski definition) is 4. The van der Waals surface area contributed by atoms with E-state index in [1.165, 1.54) is 0 Å². The van der Waals surface area contributed by atoms with Crippen molar-refractivity contribution in [1.29, 1.82) is 0 Å². The minimum absolute atomic E-state index is 0.00723. The Labute approximate surface area is 120 Å². The van der Waals surface area contributed by atoms with Gasteiger partial charge in [0.2, 0.25) is 11.8 Å². The average molecular weight is 279 g/mol. The van der Waals surface area contributed by atoms with E-state index >= 15 is 0 Å². The molecule has 0 radical (unpaired) electrons. The van der Waals surface area contributed by atoms with Crippen molar-refractivity contribution in [2.75, 3.05) is 11.9 Å². The molecule has 1 atom stereocenters. The van der Waals surface area contributed by atoms with Gasteiger partial charge in [0.15, 0.2) is 0 Å². The first-order valence-corrected chi connectivity index (χ1v) is 7.33. The maximum absolute atomic E-state index is 12.3. The van der Waals surface area contributed by atoms with Gasteiger partial charge in [0.05, 0.1) is 11.7 Å². The third-order valence-corrected chi connectivity index (χ3v) is 3.79. The van der Waals surface area contributed by atoms with E-state index in [4.69, 9.17) is 4.52 Å². The fraction of sp³-hybridized carbons (Fsp3) is 0.733. The Hall–Kier alpha value is -1.36. The number of rotatable bonds is 3. The predicted molar refractivity (Wildman–Crippen MR) is 78.7 cm³/mol. The summed E-state index contributed by atoms with van der Waals surface area (Å²) in [4.78, 5) is 14.6. The quantitative estimate of drug-likeness (QED) is 0.924. The molecule has 0 aliphatic carbocycles. The van der Waals surface area contributed by atoms with Crippen LogP contribution >= 0.6 is 0 Å². The Morgan fingerprint density at radius 3 is 2.75 bits per heavy atom. The first kappa shape index (κ1) is 15.0. The van der Waals surface area contributed by atoms with Crippen molar-refractivity contribution in [2.45, 2.75) is 65.0 Å². The lowest BCUT2D eigenvalue weighted by atomic mass is 9.92. The maximum atomic E-state index is 12.3. The van der Waals surface area contributed by atoms with Gasteiger partial charge in [0.1, 0.15) is 0 Å². The Bertz CT molecular complexity index is 474. The van der Waals surface area contributed by atoms with Crippen molar-refractivity contribution in [3.8, 4) is 0 Å². The lowest BCUT2D eigenvalue weighted by Gasteiger charge is -2.26. The Balaban J connectivity index is 2.03. The second kappa shape index (κ2) is 5.56. The SMILES string of the molecule is CC(C)N1CCCC1C(=O)Nc1cc(C(C)(C)C)no1. The molecule has 1 aliphatic heterocycles. The molecule has 5 nitrogen and oxygen atoms in total. The molecule has 112 valence electrons. The van der Waals surface area contributed by atoms with E-state index in [2.05, 4.69) is 50.0 Å². The van der Waals surface area contributed by atoms with Gasteiger partial charge in [0.25, 0.3) is 0 Å². The van der Waals surface area contributed by atoms with Crippen LogP contribution in [0.3, 0.4) is 0 Å². The van der Waals surface area contributed by atoms with E-state index in [1.54, 1.807) is 0 Å². The van der Waals surface area contributed by atoms with E-state index < -0.39 is 0 Å². The third kappa shape index (κ3) is 3.20. The number of likely N-dealkylation sites (tertiary alicyclic amines) is 1. The lowest BCUT2D eigenvalue weighted by molar-refractivity contribution is -0.121. The number of aromatic nitrogens is 1. The van der Waals surface area contributed by atoms with Crippen LogP contribution in [0.5, 0.6) is 0 Å². The van der Waals surface area contributed by atoms with Crippen LogP contribution in [0.4, 0.5) is 5.88 Å². The number of nitrogens with zero attached hydrogens (tertiary/aromatic N) is 2. The summed E-state index contributed by atoms with van der Waals surface area (Å²) in [5, 5.41) is 6.87. The summed E-state index contributed by atoms with van der Waals surface area (Å²) in [6.07, 6.45) is 1.98. The number of carbonyl (C=O) groups is 1. The van der Waals surface area contributed by atoms with Gasteiger partial charge in [-0.1, -0.05) is 25.9 Å². The predicted octanol–water partition coefficient (Wildman–Crippen LogP) is 2.78. The number of amides is 1. The van der Waals surface area contributed by atoms with Crippen LogP contribution in [-0.4, -0.2) is 34.6 Å². The summed E-state index contributed by atoms with van der Waals surface area (Å²) in [6.45, 7) is 11.4. The van der Waals surface area contributed by atoms with E-state index in [0.717, 1.165) is 25.1 Å². The van der Waals surface area contributed by atoms with Crippen LogP contribution in [0.25, 0.3) is 0 Å². The number of nitrogens with one attached hydrogen (secondary N) is 1. The minimum atomic E-state index is -0.0796. The number of hydrogen-bond donors (Lipinski definition) is 1. The number of anilines is 1. The van der Waals surface area contributed by atoms with Crippen LogP contribution in [-0.2, 0) is 10.2 Å². The minimum Gasteiger partial charge on any atom is -0.338 e. The Morgan fingerprint density at radius 1 is 1.50 bits per heavy atom. The van der Waals surface area contributed by atoms with Gasteiger partial charge < -0.3 is 4.52 Å². The molecule has 2 heterocycles. The zero-order chi connectivity index (χ0) is 14.9. The first-order valence-electron chi connectivity index (χ1n) is 7.33. The zero-order valence-electron chi connectivity index (χ0n) is 13.1. The molecule has 1 unspecified atom stereocenters. The molecule has 0 saturated carbocycles. The van der Waals surface area contributed by atoms with E-state index in [-0.39, 0.29) is 17.4 Å². The highest BCUT2D eigenvalue weighted by molar-refractivity contribution is 5.93.